The highest BCUT2D eigenvalue weighted by atomic mass is 32.1. The van der Waals surface area contributed by atoms with Gasteiger partial charge in [0, 0.05) is 6.16 Å². The standard InChI is InChI=1S/C18H39O3PS/c19-22(20,21)17-15-13-11-9-7-5-3-1-2-4-6-8-10-12-14-16-18-23/h23H,1-18H2,(H2,19,20,21). The molecule has 3 nitrogen and oxygen atoms in total. The summed E-state index contributed by atoms with van der Waals surface area (Å²) in [5, 5.41) is 0. The number of thiol groups is 1. The Bertz CT molecular complexity index is 281. The van der Waals surface area contributed by atoms with E-state index in [4.69, 9.17) is 9.79 Å². The summed E-state index contributed by atoms with van der Waals surface area (Å²) in [4.78, 5) is 17.5. The molecule has 0 aromatic heterocycles. The lowest BCUT2D eigenvalue weighted by molar-refractivity contribution is 0.370. The van der Waals surface area contributed by atoms with Gasteiger partial charge in [0.25, 0.3) is 0 Å². The molecule has 0 heterocycles. The summed E-state index contributed by atoms with van der Waals surface area (Å²) in [7, 11) is -3.76. The van der Waals surface area contributed by atoms with Crippen LogP contribution in [0.1, 0.15) is 103 Å². The Hall–Kier alpha value is 0.500. The van der Waals surface area contributed by atoms with Crippen molar-refractivity contribution < 1.29 is 14.4 Å². The van der Waals surface area contributed by atoms with E-state index in [1.54, 1.807) is 0 Å². The minimum absolute atomic E-state index is 0.0577. The normalized spacial score (nSPS) is 12.0. The second-order valence-electron chi connectivity index (χ2n) is 6.77. The van der Waals surface area contributed by atoms with Crippen LogP contribution in [-0.2, 0) is 4.57 Å². The number of unbranched alkanes of at least 4 members (excludes halogenated alkanes) is 15. The molecule has 140 valence electrons. The van der Waals surface area contributed by atoms with E-state index >= 15 is 0 Å². The van der Waals surface area contributed by atoms with Crippen LogP contribution in [0.15, 0.2) is 0 Å². The summed E-state index contributed by atoms with van der Waals surface area (Å²) >= 11 is 4.23. The Labute approximate surface area is 149 Å². The molecule has 23 heavy (non-hydrogen) atoms. The summed E-state index contributed by atoms with van der Waals surface area (Å²) < 4.78 is 10.7. The van der Waals surface area contributed by atoms with Crippen LogP contribution in [0, 0.1) is 0 Å². The Morgan fingerprint density at radius 3 is 1.04 bits per heavy atom. The monoisotopic (exact) mass is 366 g/mol. The average Bonchev–Trinajstić information content (AvgIpc) is 2.49. The van der Waals surface area contributed by atoms with Gasteiger partial charge >= 0.3 is 7.60 Å². The second-order valence-corrected chi connectivity index (χ2v) is 8.99. The van der Waals surface area contributed by atoms with Crippen molar-refractivity contribution in [3.63, 3.8) is 0 Å². The maximum atomic E-state index is 10.7. The first-order valence-corrected chi connectivity index (χ1v) is 12.1. The molecule has 0 aromatic carbocycles. The fourth-order valence-corrected chi connectivity index (χ4v) is 3.76. The van der Waals surface area contributed by atoms with E-state index in [1.807, 2.05) is 0 Å². The van der Waals surface area contributed by atoms with Crippen LogP contribution in [0.25, 0.3) is 0 Å². The molecule has 0 aromatic rings. The van der Waals surface area contributed by atoms with E-state index in [0.29, 0.717) is 6.42 Å². The molecule has 0 aliphatic heterocycles. The lowest BCUT2D eigenvalue weighted by atomic mass is 10.0. The Morgan fingerprint density at radius 1 is 0.522 bits per heavy atom. The zero-order chi connectivity index (χ0) is 17.2. The van der Waals surface area contributed by atoms with Gasteiger partial charge in [-0.3, -0.25) is 4.57 Å². The van der Waals surface area contributed by atoms with Crippen molar-refractivity contribution in [3.8, 4) is 0 Å². The Morgan fingerprint density at radius 2 is 0.783 bits per heavy atom. The molecule has 0 fully saturated rings. The van der Waals surface area contributed by atoms with Gasteiger partial charge in [-0.05, 0) is 18.6 Å². The average molecular weight is 367 g/mol. The number of hydrogen-bond acceptors (Lipinski definition) is 2. The topological polar surface area (TPSA) is 57.5 Å². The third-order valence-electron chi connectivity index (χ3n) is 4.36. The van der Waals surface area contributed by atoms with Crippen molar-refractivity contribution >= 4 is 20.2 Å². The maximum Gasteiger partial charge on any atom is 0.325 e. The van der Waals surface area contributed by atoms with Crippen molar-refractivity contribution in [2.75, 3.05) is 11.9 Å². The van der Waals surface area contributed by atoms with E-state index < -0.39 is 7.60 Å². The smallest absolute Gasteiger partial charge is 0.324 e. The number of rotatable bonds is 18. The van der Waals surface area contributed by atoms with Crippen LogP contribution >= 0.6 is 20.2 Å². The van der Waals surface area contributed by atoms with Gasteiger partial charge in [-0.1, -0.05) is 89.9 Å². The van der Waals surface area contributed by atoms with E-state index in [2.05, 4.69) is 12.6 Å². The lowest BCUT2D eigenvalue weighted by Crippen LogP contribution is -1.88. The van der Waals surface area contributed by atoms with Crippen LogP contribution in [-0.4, -0.2) is 21.7 Å². The highest BCUT2D eigenvalue weighted by molar-refractivity contribution is 7.80. The molecular formula is C18H39O3PS. The molecule has 2 N–H and O–H groups in total. The molecule has 0 rings (SSSR count). The maximum absolute atomic E-state index is 10.7. The van der Waals surface area contributed by atoms with Gasteiger partial charge in [0.1, 0.15) is 0 Å². The molecule has 0 spiro atoms. The van der Waals surface area contributed by atoms with Crippen LogP contribution < -0.4 is 0 Å². The van der Waals surface area contributed by atoms with Crippen molar-refractivity contribution in [1.29, 1.82) is 0 Å². The molecule has 0 aliphatic rings. The molecule has 0 saturated carbocycles. The van der Waals surface area contributed by atoms with Crippen LogP contribution in [0.3, 0.4) is 0 Å². The van der Waals surface area contributed by atoms with E-state index in [9.17, 15) is 4.57 Å². The van der Waals surface area contributed by atoms with Gasteiger partial charge in [0.2, 0.25) is 0 Å². The number of hydrogen-bond donors (Lipinski definition) is 3. The second kappa shape index (κ2) is 17.3. The SMILES string of the molecule is O=P(O)(O)CCCCCCCCCCCCCCCCCCS. The molecule has 0 amide bonds. The summed E-state index contributed by atoms with van der Waals surface area (Å²) in [6, 6.07) is 0. The minimum Gasteiger partial charge on any atom is -0.324 e. The third-order valence-corrected chi connectivity index (χ3v) is 5.57. The predicted molar refractivity (Wildman–Crippen MR) is 105 cm³/mol. The first-order valence-electron chi connectivity index (χ1n) is 9.72. The van der Waals surface area contributed by atoms with Gasteiger partial charge in [-0.15, -0.1) is 0 Å². The Balaban J connectivity index is 3.01. The minimum atomic E-state index is -3.76. The lowest BCUT2D eigenvalue weighted by Gasteiger charge is -2.04. The van der Waals surface area contributed by atoms with Gasteiger partial charge in [-0.2, -0.15) is 12.6 Å². The molecule has 0 atom stereocenters. The van der Waals surface area contributed by atoms with Gasteiger partial charge in [0.15, 0.2) is 0 Å². The van der Waals surface area contributed by atoms with E-state index in [0.717, 1.165) is 18.6 Å². The molecule has 0 aliphatic carbocycles. The summed E-state index contributed by atoms with van der Waals surface area (Å²) in [5.74, 6) is 1.04. The third kappa shape index (κ3) is 22.5. The van der Waals surface area contributed by atoms with Gasteiger partial charge < -0.3 is 9.79 Å². The predicted octanol–water partition coefficient (Wildman–Crippen LogP) is 6.34. The van der Waals surface area contributed by atoms with Crippen molar-refractivity contribution in [2.24, 2.45) is 0 Å². The Kier molecular flexibility index (Phi) is 17.7. The molecule has 0 radical (unpaired) electrons. The summed E-state index contributed by atoms with van der Waals surface area (Å²) in [5.41, 5.74) is 0. The first kappa shape index (κ1) is 23.5. The highest BCUT2D eigenvalue weighted by Gasteiger charge is 2.10. The van der Waals surface area contributed by atoms with Crippen molar-refractivity contribution in [2.45, 2.75) is 103 Å². The van der Waals surface area contributed by atoms with Crippen molar-refractivity contribution in [1.82, 2.24) is 0 Å². The first-order chi connectivity index (χ1) is 11.1. The van der Waals surface area contributed by atoms with Crippen LogP contribution in [0.2, 0.25) is 0 Å². The molecule has 0 unspecified atom stereocenters. The summed E-state index contributed by atoms with van der Waals surface area (Å²) in [6.45, 7) is 0. The molecule has 5 heteroatoms. The molecular weight excluding hydrogens is 327 g/mol. The fraction of sp³-hybridized carbons (Fsp3) is 1.00. The van der Waals surface area contributed by atoms with Gasteiger partial charge in [-0.25, -0.2) is 0 Å². The van der Waals surface area contributed by atoms with Gasteiger partial charge in [0.05, 0.1) is 0 Å². The quantitative estimate of drug-likeness (QED) is 0.151. The highest BCUT2D eigenvalue weighted by Crippen LogP contribution is 2.35. The molecule has 0 bridgehead atoms. The zero-order valence-corrected chi connectivity index (χ0v) is 16.7. The van der Waals surface area contributed by atoms with E-state index in [1.165, 1.54) is 83.5 Å². The van der Waals surface area contributed by atoms with E-state index in [-0.39, 0.29) is 6.16 Å². The fourth-order valence-electron chi connectivity index (χ4n) is 2.90. The molecule has 0 saturated heterocycles. The van der Waals surface area contributed by atoms with Crippen molar-refractivity contribution in [3.05, 3.63) is 0 Å². The zero-order valence-electron chi connectivity index (χ0n) is 14.9. The summed E-state index contributed by atoms with van der Waals surface area (Å²) in [6.07, 6.45) is 20.3. The van der Waals surface area contributed by atoms with Crippen LogP contribution in [0.5, 0.6) is 0 Å². The van der Waals surface area contributed by atoms with Crippen LogP contribution in [0.4, 0.5) is 0 Å². The largest absolute Gasteiger partial charge is 0.325 e.